The van der Waals surface area contributed by atoms with Gasteiger partial charge in [0.15, 0.2) is 0 Å². The maximum absolute atomic E-state index is 12.0. The predicted octanol–water partition coefficient (Wildman–Crippen LogP) is 0.582. The van der Waals surface area contributed by atoms with Crippen LogP contribution in [-0.4, -0.2) is 49.7 Å². The highest BCUT2D eigenvalue weighted by molar-refractivity contribution is 7.98. The predicted molar refractivity (Wildman–Crippen MR) is 79.1 cm³/mol. The fourth-order valence-electron chi connectivity index (χ4n) is 1.38. The number of thioether (sulfide) groups is 1. The van der Waals surface area contributed by atoms with E-state index in [1.807, 2.05) is 0 Å². The normalized spacial score (nSPS) is 13.4. The summed E-state index contributed by atoms with van der Waals surface area (Å²) in [6, 6.07) is 5.69. The van der Waals surface area contributed by atoms with Crippen LogP contribution in [0.2, 0.25) is 0 Å². The van der Waals surface area contributed by atoms with E-state index in [4.69, 9.17) is 10.8 Å². The second-order valence-corrected chi connectivity index (χ2v) is 7.58. The van der Waals surface area contributed by atoms with Crippen LogP contribution in [0.5, 0.6) is 0 Å². The molecule has 1 atom stereocenters. The summed E-state index contributed by atoms with van der Waals surface area (Å²) in [5.74, 6) is -0.251. The fourth-order valence-corrected chi connectivity index (χ4v) is 3.28. The number of carboxylic acid groups (broad SMARTS) is 1. The smallest absolute Gasteiger partial charge is 0.321 e. The molecule has 0 saturated heterocycles. The summed E-state index contributed by atoms with van der Waals surface area (Å²) in [5, 5.41) is 8.67. The zero-order valence-electron chi connectivity index (χ0n) is 11.3. The maximum atomic E-state index is 12.0. The molecule has 0 spiro atoms. The number of hydrogen-bond donors (Lipinski definition) is 2. The standard InChI is InChI=1S/C12H18N2O4S2/c1-14(2)20(17,18)10-5-3-4-9(6-10)7-19-8-11(13)12(15)16/h3-6,11H,7-8,13H2,1-2H3,(H,15,16)/t11-/m1/s1. The summed E-state index contributed by atoms with van der Waals surface area (Å²) < 4.78 is 25.1. The highest BCUT2D eigenvalue weighted by atomic mass is 32.2. The number of hydrogen-bond acceptors (Lipinski definition) is 5. The Bertz CT molecular complexity index is 573. The zero-order chi connectivity index (χ0) is 15.3. The van der Waals surface area contributed by atoms with Gasteiger partial charge in [-0.05, 0) is 17.7 Å². The first-order valence-corrected chi connectivity index (χ1v) is 8.42. The number of carbonyl (C=O) groups is 1. The largest absolute Gasteiger partial charge is 0.480 e. The summed E-state index contributed by atoms with van der Waals surface area (Å²) in [6.07, 6.45) is 0. The van der Waals surface area contributed by atoms with Gasteiger partial charge in [0.25, 0.3) is 0 Å². The van der Waals surface area contributed by atoms with E-state index in [2.05, 4.69) is 0 Å². The molecule has 20 heavy (non-hydrogen) atoms. The van der Waals surface area contributed by atoms with E-state index in [0.29, 0.717) is 5.75 Å². The summed E-state index contributed by atoms with van der Waals surface area (Å²) in [7, 11) is -0.499. The number of nitrogens with two attached hydrogens (primary N) is 1. The van der Waals surface area contributed by atoms with Gasteiger partial charge in [-0.15, -0.1) is 0 Å². The quantitative estimate of drug-likeness (QED) is 0.763. The van der Waals surface area contributed by atoms with Gasteiger partial charge in [-0.1, -0.05) is 12.1 Å². The van der Waals surface area contributed by atoms with Crippen molar-refractivity contribution in [3.8, 4) is 0 Å². The van der Waals surface area contributed by atoms with Crippen molar-refractivity contribution in [1.29, 1.82) is 0 Å². The molecule has 0 aliphatic carbocycles. The third-order valence-electron chi connectivity index (χ3n) is 2.56. The minimum atomic E-state index is -3.45. The Morgan fingerprint density at radius 3 is 2.65 bits per heavy atom. The maximum Gasteiger partial charge on any atom is 0.321 e. The van der Waals surface area contributed by atoms with E-state index in [1.165, 1.54) is 31.9 Å². The molecule has 3 N–H and O–H groups in total. The number of rotatable bonds is 7. The molecule has 1 rings (SSSR count). The fraction of sp³-hybridized carbons (Fsp3) is 0.417. The Labute approximate surface area is 123 Å². The van der Waals surface area contributed by atoms with Crippen LogP contribution in [0.1, 0.15) is 5.56 Å². The first-order valence-electron chi connectivity index (χ1n) is 5.82. The highest BCUT2D eigenvalue weighted by Gasteiger charge is 2.17. The molecule has 112 valence electrons. The van der Waals surface area contributed by atoms with Gasteiger partial charge < -0.3 is 10.8 Å². The van der Waals surface area contributed by atoms with Crippen LogP contribution in [0.3, 0.4) is 0 Å². The summed E-state index contributed by atoms with van der Waals surface area (Å²) in [4.78, 5) is 10.8. The lowest BCUT2D eigenvalue weighted by Crippen LogP contribution is -2.32. The molecular weight excluding hydrogens is 300 g/mol. The molecular formula is C12H18N2O4S2. The lowest BCUT2D eigenvalue weighted by Gasteiger charge is -2.12. The van der Waals surface area contributed by atoms with Crippen molar-refractivity contribution in [3.05, 3.63) is 29.8 Å². The number of nitrogens with zero attached hydrogens (tertiary/aromatic N) is 1. The minimum absolute atomic E-state index is 0.225. The SMILES string of the molecule is CN(C)S(=O)(=O)c1cccc(CSC[C@@H](N)C(=O)O)c1. The van der Waals surface area contributed by atoms with Crippen molar-refractivity contribution in [2.45, 2.75) is 16.7 Å². The van der Waals surface area contributed by atoms with Crippen molar-refractivity contribution in [1.82, 2.24) is 4.31 Å². The van der Waals surface area contributed by atoms with E-state index in [9.17, 15) is 13.2 Å². The highest BCUT2D eigenvalue weighted by Crippen LogP contribution is 2.18. The molecule has 0 fully saturated rings. The van der Waals surface area contributed by atoms with Gasteiger partial charge >= 0.3 is 5.97 Å². The number of sulfonamides is 1. The Kier molecular flexibility index (Phi) is 6.00. The number of aliphatic carboxylic acids is 1. The Hall–Kier alpha value is -1.09. The molecule has 6 nitrogen and oxygen atoms in total. The molecule has 0 unspecified atom stereocenters. The molecule has 0 radical (unpaired) electrons. The second-order valence-electron chi connectivity index (χ2n) is 4.39. The molecule has 0 heterocycles. The minimum Gasteiger partial charge on any atom is -0.480 e. The lowest BCUT2D eigenvalue weighted by molar-refractivity contribution is -0.137. The molecule has 0 saturated carbocycles. The van der Waals surface area contributed by atoms with Crippen molar-refractivity contribution in [2.75, 3.05) is 19.8 Å². The Morgan fingerprint density at radius 2 is 2.10 bits per heavy atom. The summed E-state index contributed by atoms with van der Waals surface area (Å²) in [5.41, 5.74) is 6.21. The van der Waals surface area contributed by atoms with E-state index in [0.717, 1.165) is 9.87 Å². The molecule has 0 bridgehead atoms. The molecule has 0 aliphatic rings. The van der Waals surface area contributed by atoms with Crippen LogP contribution in [-0.2, 0) is 20.6 Å². The first-order chi connectivity index (χ1) is 9.25. The van der Waals surface area contributed by atoms with Gasteiger partial charge in [-0.3, -0.25) is 4.79 Å². The molecule has 0 aromatic heterocycles. The van der Waals surface area contributed by atoms with E-state index >= 15 is 0 Å². The Balaban J connectivity index is 2.73. The van der Waals surface area contributed by atoms with Crippen LogP contribution in [0.4, 0.5) is 0 Å². The van der Waals surface area contributed by atoms with Crippen molar-refractivity contribution in [3.63, 3.8) is 0 Å². The topological polar surface area (TPSA) is 101 Å². The molecule has 1 aromatic rings. The zero-order valence-corrected chi connectivity index (χ0v) is 12.9. The third kappa shape index (κ3) is 4.48. The summed E-state index contributed by atoms with van der Waals surface area (Å²) >= 11 is 1.36. The van der Waals surface area contributed by atoms with Gasteiger partial charge in [0.1, 0.15) is 6.04 Å². The molecule has 8 heteroatoms. The molecule has 0 amide bonds. The van der Waals surface area contributed by atoms with Gasteiger partial charge in [0, 0.05) is 25.6 Å². The first kappa shape index (κ1) is 17.0. The van der Waals surface area contributed by atoms with E-state index < -0.39 is 22.0 Å². The van der Waals surface area contributed by atoms with E-state index in [-0.39, 0.29) is 10.6 Å². The van der Waals surface area contributed by atoms with Crippen LogP contribution in [0, 0.1) is 0 Å². The van der Waals surface area contributed by atoms with Gasteiger partial charge in [0.05, 0.1) is 4.90 Å². The summed E-state index contributed by atoms with van der Waals surface area (Å²) in [6.45, 7) is 0. The van der Waals surface area contributed by atoms with Crippen molar-refractivity contribution < 1.29 is 18.3 Å². The van der Waals surface area contributed by atoms with E-state index in [1.54, 1.807) is 18.2 Å². The van der Waals surface area contributed by atoms with Crippen molar-refractivity contribution in [2.24, 2.45) is 5.73 Å². The second kappa shape index (κ2) is 7.07. The molecule has 0 aliphatic heterocycles. The Morgan fingerprint density at radius 1 is 1.45 bits per heavy atom. The van der Waals surface area contributed by atoms with Crippen LogP contribution >= 0.6 is 11.8 Å². The van der Waals surface area contributed by atoms with Crippen LogP contribution in [0.15, 0.2) is 29.2 Å². The monoisotopic (exact) mass is 318 g/mol. The number of carboxylic acids is 1. The van der Waals surface area contributed by atoms with Crippen LogP contribution in [0.25, 0.3) is 0 Å². The van der Waals surface area contributed by atoms with Gasteiger partial charge in [-0.2, -0.15) is 11.8 Å². The number of benzene rings is 1. The average Bonchev–Trinajstić information content (AvgIpc) is 2.38. The third-order valence-corrected chi connectivity index (χ3v) is 5.50. The molecule has 1 aromatic carbocycles. The van der Waals surface area contributed by atoms with Gasteiger partial charge in [-0.25, -0.2) is 12.7 Å². The van der Waals surface area contributed by atoms with Gasteiger partial charge in [0.2, 0.25) is 10.0 Å². The lowest BCUT2D eigenvalue weighted by atomic mass is 10.2. The average molecular weight is 318 g/mol. The van der Waals surface area contributed by atoms with Crippen LogP contribution < -0.4 is 5.73 Å². The van der Waals surface area contributed by atoms with Crippen molar-refractivity contribution >= 4 is 27.8 Å².